The zero-order valence-electron chi connectivity index (χ0n) is 8.30. The number of benzene rings is 1. The predicted octanol–water partition coefficient (Wildman–Crippen LogP) is 3.64. The second-order valence-corrected chi connectivity index (χ2v) is 5.70. The van der Waals surface area contributed by atoms with Gasteiger partial charge in [0, 0.05) is 26.4 Å². The molecule has 1 aromatic rings. The smallest absolute Gasteiger partial charge is 0.0667 e. The number of halogens is 2. The molecule has 1 saturated heterocycles. The lowest BCUT2D eigenvalue weighted by molar-refractivity contribution is 0.0876. The van der Waals surface area contributed by atoms with Gasteiger partial charge in [-0.15, -0.1) is 0 Å². The van der Waals surface area contributed by atoms with Crippen LogP contribution in [0.2, 0.25) is 0 Å². The predicted molar refractivity (Wildman–Crippen MR) is 74.3 cm³/mol. The van der Waals surface area contributed by atoms with Crippen LogP contribution in [0.15, 0.2) is 22.7 Å². The Kier molecular flexibility index (Phi) is 4.28. The molecule has 0 amide bonds. The highest BCUT2D eigenvalue weighted by molar-refractivity contribution is 14.1. The molecule has 0 aliphatic carbocycles. The third-order valence-electron chi connectivity index (χ3n) is 2.45. The Labute approximate surface area is 112 Å². The fourth-order valence-corrected chi connectivity index (χ4v) is 2.44. The second-order valence-electron chi connectivity index (χ2n) is 3.69. The van der Waals surface area contributed by atoms with E-state index in [0.717, 1.165) is 24.1 Å². The number of rotatable bonds is 2. The molecule has 0 radical (unpaired) electrons. The molecule has 0 aromatic heterocycles. The van der Waals surface area contributed by atoms with Crippen LogP contribution >= 0.6 is 38.5 Å². The van der Waals surface area contributed by atoms with Gasteiger partial charge in [0.1, 0.15) is 0 Å². The topological polar surface area (TPSA) is 21.3 Å². The van der Waals surface area contributed by atoms with Crippen molar-refractivity contribution in [3.05, 3.63) is 26.2 Å². The highest BCUT2D eigenvalue weighted by Crippen LogP contribution is 2.23. The van der Waals surface area contributed by atoms with E-state index < -0.39 is 0 Å². The van der Waals surface area contributed by atoms with Gasteiger partial charge in [-0.2, -0.15) is 0 Å². The monoisotopic (exact) mass is 381 g/mol. The zero-order chi connectivity index (χ0) is 10.7. The molecule has 1 N–H and O–H groups in total. The first-order valence-corrected chi connectivity index (χ1v) is 6.92. The van der Waals surface area contributed by atoms with Gasteiger partial charge in [0.2, 0.25) is 0 Å². The van der Waals surface area contributed by atoms with Gasteiger partial charge in [-0.3, -0.25) is 0 Å². The SMILES string of the molecule is Brc1ccc(NC2CCCOC2)cc1I. The van der Waals surface area contributed by atoms with Gasteiger partial charge in [-0.05, 0) is 69.6 Å². The third-order valence-corrected chi connectivity index (χ3v) is 4.78. The maximum Gasteiger partial charge on any atom is 0.0667 e. The minimum Gasteiger partial charge on any atom is -0.380 e. The lowest BCUT2D eigenvalue weighted by Gasteiger charge is -2.24. The largest absolute Gasteiger partial charge is 0.380 e. The summed E-state index contributed by atoms with van der Waals surface area (Å²) < 4.78 is 7.81. The lowest BCUT2D eigenvalue weighted by Crippen LogP contribution is -2.29. The Bertz CT molecular complexity index is 339. The summed E-state index contributed by atoms with van der Waals surface area (Å²) in [6.45, 7) is 1.74. The summed E-state index contributed by atoms with van der Waals surface area (Å²) >= 11 is 5.82. The Morgan fingerprint density at radius 2 is 2.33 bits per heavy atom. The fourth-order valence-electron chi connectivity index (χ4n) is 1.68. The molecule has 0 spiro atoms. The fraction of sp³-hybridized carbons (Fsp3) is 0.455. The molecule has 15 heavy (non-hydrogen) atoms. The molecule has 4 heteroatoms. The van der Waals surface area contributed by atoms with Crippen molar-refractivity contribution in [1.82, 2.24) is 0 Å². The van der Waals surface area contributed by atoms with Crippen molar-refractivity contribution in [3.63, 3.8) is 0 Å². The minimum atomic E-state index is 0.468. The van der Waals surface area contributed by atoms with Crippen LogP contribution in [0.1, 0.15) is 12.8 Å². The van der Waals surface area contributed by atoms with Gasteiger partial charge in [0.25, 0.3) is 0 Å². The molecule has 1 aliphatic rings. The summed E-state index contributed by atoms with van der Waals surface area (Å²) in [6.07, 6.45) is 2.36. The van der Waals surface area contributed by atoms with Crippen molar-refractivity contribution in [3.8, 4) is 0 Å². The van der Waals surface area contributed by atoms with E-state index in [1.807, 2.05) is 0 Å². The van der Waals surface area contributed by atoms with E-state index in [4.69, 9.17) is 4.74 Å². The van der Waals surface area contributed by atoms with Crippen molar-refractivity contribution in [1.29, 1.82) is 0 Å². The summed E-state index contributed by atoms with van der Waals surface area (Å²) in [5.74, 6) is 0. The van der Waals surface area contributed by atoms with Gasteiger partial charge in [0.05, 0.1) is 6.61 Å². The van der Waals surface area contributed by atoms with Gasteiger partial charge < -0.3 is 10.1 Å². The molecule has 1 fully saturated rings. The van der Waals surface area contributed by atoms with Gasteiger partial charge in [-0.25, -0.2) is 0 Å². The molecular weight excluding hydrogens is 369 g/mol. The Morgan fingerprint density at radius 3 is 3.00 bits per heavy atom. The van der Waals surface area contributed by atoms with Gasteiger partial charge in [0.15, 0.2) is 0 Å². The average Bonchev–Trinajstić information content (AvgIpc) is 2.25. The average molecular weight is 382 g/mol. The summed E-state index contributed by atoms with van der Waals surface area (Å²) in [7, 11) is 0. The highest BCUT2D eigenvalue weighted by Gasteiger charge is 2.13. The highest BCUT2D eigenvalue weighted by atomic mass is 127. The van der Waals surface area contributed by atoms with E-state index in [2.05, 4.69) is 62.0 Å². The van der Waals surface area contributed by atoms with Gasteiger partial charge in [-0.1, -0.05) is 0 Å². The Morgan fingerprint density at radius 1 is 1.47 bits per heavy atom. The molecule has 2 rings (SSSR count). The van der Waals surface area contributed by atoms with E-state index in [9.17, 15) is 0 Å². The maximum atomic E-state index is 5.43. The third kappa shape index (κ3) is 3.32. The summed E-state index contributed by atoms with van der Waals surface area (Å²) in [4.78, 5) is 0. The number of hydrogen-bond donors (Lipinski definition) is 1. The van der Waals surface area contributed by atoms with Crippen LogP contribution in [0.25, 0.3) is 0 Å². The first-order valence-electron chi connectivity index (χ1n) is 5.05. The number of nitrogens with one attached hydrogen (secondary N) is 1. The normalized spacial score (nSPS) is 21.3. The molecule has 0 saturated carbocycles. The van der Waals surface area contributed by atoms with Crippen LogP contribution in [0.5, 0.6) is 0 Å². The van der Waals surface area contributed by atoms with Crippen LogP contribution < -0.4 is 5.32 Å². The van der Waals surface area contributed by atoms with E-state index in [1.165, 1.54) is 15.7 Å². The van der Waals surface area contributed by atoms with Crippen molar-refractivity contribution in [2.45, 2.75) is 18.9 Å². The maximum absolute atomic E-state index is 5.43. The van der Waals surface area contributed by atoms with Crippen molar-refractivity contribution < 1.29 is 4.74 Å². The first kappa shape index (κ1) is 11.7. The molecule has 1 atom stereocenters. The number of ether oxygens (including phenoxy) is 1. The van der Waals surface area contributed by atoms with Crippen LogP contribution in [-0.2, 0) is 4.74 Å². The van der Waals surface area contributed by atoms with Gasteiger partial charge >= 0.3 is 0 Å². The first-order chi connectivity index (χ1) is 7.25. The summed E-state index contributed by atoms with van der Waals surface area (Å²) in [5, 5.41) is 3.50. The second kappa shape index (κ2) is 5.50. The van der Waals surface area contributed by atoms with Crippen molar-refractivity contribution in [2.24, 2.45) is 0 Å². The molecule has 1 unspecified atom stereocenters. The van der Waals surface area contributed by atoms with Crippen LogP contribution in [-0.4, -0.2) is 19.3 Å². The summed E-state index contributed by atoms with van der Waals surface area (Å²) in [6, 6.07) is 6.80. The van der Waals surface area contributed by atoms with E-state index >= 15 is 0 Å². The molecule has 82 valence electrons. The van der Waals surface area contributed by atoms with Crippen LogP contribution in [0, 0.1) is 3.57 Å². The van der Waals surface area contributed by atoms with Crippen LogP contribution in [0.3, 0.4) is 0 Å². The van der Waals surface area contributed by atoms with Crippen molar-refractivity contribution >= 4 is 44.2 Å². The Balaban J connectivity index is 2.00. The standard InChI is InChI=1S/C11H13BrINO/c12-10-4-3-8(6-11(10)13)14-9-2-1-5-15-7-9/h3-4,6,9,14H,1-2,5,7H2. The molecule has 0 bridgehead atoms. The van der Waals surface area contributed by atoms with E-state index in [1.54, 1.807) is 0 Å². The molecular formula is C11H13BrINO. The quantitative estimate of drug-likeness (QED) is 0.789. The van der Waals surface area contributed by atoms with E-state index in [-0.39, 0.29) is 0 Å². The van der Waals surface area contributed by atoms with Crippen LogP contribution in [0.4, 0.5) is 5.69 Å². The van der Waals surface area contributed by atoms with Crippen molar-refractivity contribution in [2.75, 3.05) is 18.5 Å². The lowest BCUT2D eigenvalue weighted by atomic mass is 10.1. The summed E-state index contributed by atoms with van der Waals surface area (Å²) in [5.41, 5.74) is 1.18. The minimum absolute atomic E-state index is 0.468. The number of hydrogen-bond acceptors (Lipinski definition) is 2. The molecule has 1 aliphatic heterocycles. The molecule has 1 aromatic carbocycles. The molecule has 1 heterocycles. The van der Waals surface area contributed by atoms with E-state index in [0.29, 0.717) is 6.04 Å². The number of anilines is 1. The zero-order valence-corrected chi connectivity index (χ0v) is 12.0. The molecule has 2 nitrogen and oxygen atoms in total. The Hall–Kier alpha value is 0.190.